The number of nitrogens with two attached hydrogens (primary N) is 1. The van der Waals surface area contributed by atoms with Gasteiger partial charge in [0.05, 0.1) is 12.2 Å². The second kappa shape index (κ2) is 10.4. The van der Waals surface area contributed by atoms with E-state index in [1.54, 1.807) is 11.0 Å². The number of nitrogens with zero attached hydrogens (tertiary/aromatic N) is 1. The average Bonchev–Trinajstić information content (AvgIpc) is 2.67. The van der Waals surface area contributed by atoms with E-state index in [1.807, 2.05) is 25.1 Å². The van der Waals surface area contributed by atoms with Crippen molar-refractivity contribution in [2.75, 3.05) is 24.5 Å². The summed E-state index contributed by atoms with van der Waals surface area (Å²) in [7, 11) is 0. The van der Waals surface area contributed by atoms with Gasteiger partial charge in [0.2, 0.25) is 5.91 Å². The van der Waals surface area contributed by atoms with Gasteiger partial charge in [0.1, 0.15) is 5.75 Å². The second-order valence-electron chi connectivity index (χ2n) is 6.47. The standard InChI is InChI=1S/C19H28N4O4/c1-2-11-21-18(25)16-13-23(14-8-5-6-9-15(14)27-16)17(24)10-4-3-7-12-22-19(20)26/h5-6,8-9,16H,2-4,7,10-13H2,1H3,(H,21,25)(H3,20,22,26)/t16-/m1/s1. The van der Waals surface area contributed by atoms with Gasteiger partial charge in [-0.3, -0.25) is 9.59 Å². The largest absolute Gasteiger partial charge is 0.477 e. The lowest BCUT2D eigenvalue weighted by atomic mass is 10.1. The van der Waals surface area contributed by atoms with E-state index in [2.05, 4.69) is 10.6 Å². The number of carbonyl (C=O) groups excluding carboxylic acids is 3. The molecule has 0 radical (unpaired) electrons. The molecule has 1 aliphatic rings. The molecule has 0 fully saturated rings. The molecule has 4 N–H and O–H groups in total. The summed E-state index contributed by atoms with van der Waals surface area (Å²) in [6.07, 6.45) is 2.76. The predicted molar refractivity (Wildman–Crippen MR) is 103 cm³/mol. The first-order chi connectivity index (χ1) is 13.0. The van der Waals surface area contributed by atoms with Crippen molar-refractivity contribution >= 4 is 23.5 Å². The minimum atomic E-state index is -0.713. The number of para-hydroxylation sites is 2. The first kappa shape index (κ1) is 20.5. The molecule has 1 heterocycles. The fourth-order valence-corrected chi connectivity index (χ4v) is 2.89. The number of nitrogens with one attached hydrogen (secondary N) is 2. The van der Waals surface area contributed by atoms with Crippen LogP contribution in [0.25, 0.3) is 0 Å². The number of rotatable bonds is 9. The maximum Gasteiger partial charge on any atom is 0.312 e. The van der Waals surface area contributed by atoms with Crippen molar-refractivity contribution in [1.82, 2.24) is 10.6 Å². The normalized spacial score (nSPS) is 15.4. The third-order valence-electron chi connectivity index (χ3n) is 4.28. The molecule has 27 heavy (non-hydrogen) atoms. The molecule has 1 aliphatic heterocycles. The topological polar surface area (TPSA) is 114 Å². The maximum atomic E-state index is 12.7. The van der Waals surface area contributed by atoms with E-state index >= 15 is 0 Å². The summed E-state index contributed by atoms with van der Waals surface area (Å²) >= 11 is 0. The van der Waals surface area contributed by atoms with Crippen molar-refractivity contribution < 1.29 is 19.1 Å². The lowest BCUT2D eigenvalue weighted by molar-refractivity contribution is -0.128. The van der Waals surface area contributed by atoms with E-state index in [4.69, 9.17) is 10.5 Å². The zero-order valence-electron chi connectivity index (χ0n) is 15.7. The molecule has 0 spiro atoms. The number of unbranched alkanes of at least 4 members (excludes halogenated alkanes) is 2. The van der Waals surface area contributed by atoms with Crippen molar-refractivity contribution in [1.29, 1.82) is 0 Å². The van der Waals surface area contributed by atoms with E-state index in [1.165, 1.54) is 0 Å². The Bertz CT molecular complexity index is 665. The SMILES string of the molecule is CCCNC(=O)[C@H]1CN(C(=O)CCCCCNC(N)=O)c2ccccc2O1. The van der Waals surface area contributed by atoms with Crippen molar-refractivity contribution in [2.24, 2.45) is 5.73 Å². The number of amides is 4. The van der Waals surface area contributed by atoms with Gasteiger partial charge in [-0.15, -0.1) is 0 Å². The van der Waals surface area contributed by atoms with E-state index < -0.39 is 12.1 Å². The van der Waals surface area contributed by atoms with Crippen LogP contribution in [-0.2, 0) is 9.59 Å². The monoisotopic (exact) mass is 376 g/mol. The summed E-state index contributed by atoms with van der Waals surface area (Å²) in [6, 6.07) is 6.72. The molecule has 8 nitrogen and oxygen atoms in total. The Morgan fingerprint density at radius 1 is 1.15 bits per heavy atom. The molecule has 1 atom stereocenters. The van der Waals surface area contributed by atoms with Gasteiger partial charge in [0.15, 0.2) is 6.10 Å². The van der Waals surface area contributed by atoms with Crippen LogP contribution in [0.15, 0.2) is 24.3 Å². The maximum absolute atomic E-state index is 12.7. The molecule has 0 saturated carbocycles. The zero-order valence-corrected chi connectivity index (χ0v) is 15.7. The molecule has 0 aliphatic carbocycles. The summed E-state index contributed by atoms with van der Waals surface area (Å²) in [4.78, 5) is 37.3. The van der Waals surface area contributed by atoms with Crippen LogP contribution < -0.4 is 26.0 Å². The second-order valence-corrected chi connectivity index (χ2v) is 6.47. The Morgan fingerprint density at radius 3 is 2.67 bits per heavy atom. The van der Waals surface area contributed by atoms with Gasteiger partial charge in [-0.1, -0.05) is 25.5 Å². The van der Waals surface area contributed by atoms with Gasteiger partial charge in [-0.2, -0.15) is 0 Å². The lowest BCUT2D eigenvalue weighted by Crippen LogP contribution is -2.50. The van der Waals surface area contributed by atoms with Crippen molar-refractivity contribution in [3.05, 3.63) is 24.3 Å². The Morgan fingerprint density at radius 2 is 1.93 bits per heavy atom. The Kier molecular flexibility index (Phi) is 7.91. The van der Waals surface area contributed by atoms with E-state index in [0.29, 0.717) is 37.4 Å². The molecule has 0 aromatic heterocycles. The predicted octanol–water partition coefficient (Wildman–Crippen LogP) is 1.54. The number of fused-ring (bicyclic) bond motifs is 1. The Hall–Kier alpha value is -2.77. The summed E-state index contributed by atoms with van der Waals surface area (Å²) in [6.45, 7) is 3.26. The number of ether oxygens (including phenoxy) is 1. The van der Waals surface area contributed by atoms with Crippen LogP contribution in [0.1, 0.15) is 39.0 Å². The molecular weight excluding hydrogens is 348 g/mol. The number of benzene rings is 1. The fraction of sp³-hybridized carbons (Fsp3) is 0.526. The number of carbonyl (C=O) groups is 3. The molecule has 8 heteroatoms. The summed E-state index contributed by atoms with van der Waals surface area (Å²) in [5, 5.41) is 5.35. The summed E-state index contributed by atoms with van der Waals surface area (Å²) in [5.41, 5.74) is 5.70. The highest BCUT2D eigenvalue weighted by molar-refractivity contribution is 5.97. The van der Waals surface area contributed by atoms with Crippen LogP contribution in [0.3, 0.4) is 0 Å². The van der Waals surface area contributed by atoms with E-state index in [9.17, 15) is 14.4 Å². The van der Waals surface area contributed by atoms with Gasteiger partial charge in [0.25, 0.3) is 5.91 Å². The zero-order chi connectivity index (χ0) is 19.6. The van der Waals surface area contributed by atoms with Crippen LogP contribution in [0.5, 0.6) is 5.75 Å². The highest BCUT2D eigenvalue weighted by atomic mass is 16.5. The minimum Gasteiger partial charge on any atom is -0.477 e. The quantitative estimate of drug-likeness (QED) is 0.567. The molecule has 1 aromatic rings. The first-order valence-corrected chi connectivity index (χ1v) is 9.40. The molecule has 0 unspecified atom stereocenters. The summed E-state index contributed by atoms with van der Waals surface area (Å²) in [5.74, 6) is 0.294. The molecule has 4 amide bonds. The van der Waals surface area contributed by atoms with Crippen LogP contribution >= 0.6 is 0 Å². The van der Waals surface area contributed by atoms with Crippen LogP contribution in [0.2, 0.25) is 0 Å². The van der Waals surface area contributed by atoms with Crippen LogP contribution in [0, 0.1) is 0 Å². The minimum absolute atomic E-state index is 0.0399. The van der Waals surface area contributed by atoms with Crippen LogP contribution in [0.4, 0.5) is 10.5 Å². The summed E-state index contributed by atoms with van der Waals surface area (Å²) < 4.78 is 5.79. The first-order valence-electron chi connectivity index (χ1n) is 9.40. The Balaban J connectivity index is 1.93. The van der Waals surface area contributed by atoms with Gasteiger partial charge < -0.3 is 26.0 Å². The van der Waals surface area contributed by atoms with Gasteiger partial charge in [-0.05, 0) is 31.4 Å². The lowest BCUT2D eigenvalue weighted by Gasteiger charge is -2.34. The van der Waals surface area contributed by atoms with Crippen molar-refractivity contribution in [2.45, 2.75) is 45.1 Å². The smallest absolute Gasteiger partial charge is 0.312 e. The van der Waals surface area contributed by atoms with Crippen LogP contribution in [-0.4, -0.2) is 43.6 Å². The van der Waals surface area contributed by atoms with E-state index in [0.717, 1.165) is 19.3 Å². The highest BCUT2D eigenvalue weighted by Gasteiger charge is 2.33. The number of anilines is 1. The number of primary amides is 1. The number of urea groups is 1. The van der Waals surface area contributed by atoms with Gasteiger partial charge in [-0.25, -0.2) is 4.79 Å². The van der Waals surface area contributed by atoms with Crippen molar-refractivity contribution in [3.63, 3.8) is 0 Å². The Labute approximate surface area is 159 Å². The molecule has 2 rings (SSSR count). The van der Waals surface area contributed by atoms with Gasteiger partial charge in [0, 0.05) is 19.5 Å². The number of hydrogen-bond acceptors (Lipinski definition) is 4. The third-order valence-corrected chi connectivity index (χ3v) is 4.28. The molecule has 0 saturated heterocycles. The van der Waals surface area contributed by atoms with Gasteiger partial charge >= 0.3 is 6.03 Å². The van der Waals surface area contributed by atoms with Crippen molar-refractivity contribution in [3.8, 4) is 5.75 Å². The highest BCUT2D eigenvalue weighted by Crippen LogP contribution is 2.33. The molecule has 1 aromatic carbocycles. The molecule has 148 valence electrons. The number of hydrogen-bond donors (Lipinski definition) is 3. The molecular formula is C19H28N4O4. The molecule has 0 bridgehead atoms. The fourth-order valence-electron chi connectivity index (χ4n) is 2.89. The average molecular weight is 376 g/mol. The third kappa shape index (κ3) is 6.16. The van der Waals surface area contributed by atoms with E-state index in [-0.39, 0.29) is 18.4 Å².